The van der Waals surface area contributed by atoms with Gasteiger partial charge in [-0.15, -0.1) is 0 Å². The van der Waals surface area contributed by atoms with Crippen LogP contribution in [-0.2, 0) is 78.8 Å². The van der Waals surface area contributed by atoms with Gasteiger partial charge in [-0.3, -0.25) is 52.8 Å². The molecule has 7 aliphatic rings. The average Bonchev–Trinajstić information content (AvgIpc) is 1.51. The van der Waals surface area contributed by atoms with E-state index in [1.165, 1.54) is 55.9 Å². The Balaban J connectivity index is 0.000000250. The number of guanidine groups is 1. The van der Waals surface area contributed by atoms with Gasteiger partial charge in [0.25, 0.3) is 11.4 Å². The summed E-state index contributed by atoms with van der Waals surface area (Å²) in [6, 6.07) is 23.8. The molecule has 23 nitrogen and oxygen atoms in total. The number of ketones is 2. The molecule has 12 rings (SSSR count). The molecule has 4 aliphatic carbocycles. The first-order chi connectivity index (χ1) is 40.0. The number of nitrogens with zero attached hydrogens (tertiary/aromatic N) is 7. The van der Waals surface area contributed by atoms with Gasteiger partial charge in [0.05, 0.1) is 43.2 Å². The van der Waals surface area contributed by atoms with E-state index < -0.39 is 56.5 Å². The second kappa shape index (κ2) is 27.8. The van der Waals surface area contributed by atoms with Gasteiger partial charge in [-0.1, -0.05) is 68.6 Å². The van der Waals surface area contributed by atoms with Crippen molar-refractivity contribution >= 4 is 76.3 Å². The van der Waals surface area contributed by atoms with Crippen LogP contribution in [0, 0.1) is 20.2 Å². The predicted molar refractivity (Wildman–Crippen MR) is 320 cm³/mol. The topological polar surface area (TPSA) is 334 Å². The van der Waals surface area contributed by atoms with Crippen LogP contribution < -0.4 is 22.1 Å². The molecule has 2 saturated heterocycles. The summed E-state index contributed by atoms with van der Waals surface area (Å²) in [7, 11) is -5.97. The number of hydrogen-bond acceptors (Lipinski definition) is 18. The van der Waals surface area contributed by atoms with Crippen LogP contribution in [-0.4, -0.2) is 109 Å². The van der Waals surface area contributed by atoms with E-state index in [4.69, 9.17) is 41.4 Å². The van der Waals surface area contributed by atoms with E-state index in [1.54, 1.807) is 24.3 Å². The first-order valence-corrected chi connectivity index (χ1v) is 30.9. The van der Waals surface area contributed by atoms with Crippen molar-refractivity contribution in [2.75, 3.05) is 44.1 Å². The van der Waals surface area contributed by atoms with Crippen molar-refractivity contribution in [3.63, 3.8) is 0 Å². The second-order valence-corrected chi connectivity index (χ2v) is 27.4. The standard InChI is InChI=1S/C19H19ClN4O3S.C13H15N3O4S.C13H17N3O2S.C9H7NO3.CH4.2F2.2FH/c1-24-18(21)23-19(11-28(24,26)27)7-6-13-3-2-12(8-15(13)19)9-17(25)16-5-4-14(20)10-22-16;1-9-14-13(8-21(19,20)15(9)2)6-5-10-3-4-11(16(17)18)7-12(10)13;1-9-15-13(8-19(17,18)16(9)2)6-5-10-3-4-11(14)7-12(10)13;11-9-4-2-6-1-3-7(10(12)13)5-8(6)9;;2*1-2;;/h2-5,8,10H,6-7,9,11H2,1H3,(H2,21,23);3-4,7,14H,1,5-6,8H2,2H3;3-4,7,15H,1,5-6,8,14H2,2H3;1,3,5H,2,4H2;1H4;;;2*1H/t19-;2*13-;;;;;;/m000....../s1. The summed E-state index contributed by atoms with van der Waals surface area (Å²) >= 11 is 5.82. The summed E-state index contributed by atoms with van der Waals surface area (Å²) < 4.78 is 109. The number of nitrogens with two attached hydrogens (primary N) is 2. The highest BCUT2D eigenvalue weighted by Crippen LogP contribution is 2.46. The first kappa shape index (κ1) is 72.1. The largest absolute Gasteiger partial charge is 0.399 e. The lowest BCUT2D eigenvalue weighted by Gasteiger charge is -2.41. The van der Waals surface area contributed by atoms with Crippen molar-refractivity contribution in [3.8, 4) is 0 Å². The lowest BCUT2D eigenvalue weighted by molar-refractivity contribution is -0.385. The number of rotatable bonds is 5. The SMILES string of the molecule is C.C=C1N[C@@]2(CCc3ccc(N)cc32)CS(=O)(=O)N1C.C=C1N[C@@]2(CCc3ccc([N+](=O)[O-])cc32)CS(=O)(=O)N1C.CN1C(N)=N[C@@]2(CCc3ccc(CC(=O)c4ccc(Cl)cn4)cc32)CS1(=O)=O.F.F.FF.FF.O=C1CCc2ccc([N+](=O)[O-])cc21. The van der Waals surface area contributed by atoms with Crippen molar-refractivity contribution in [1.82, 2.24) is 28.5 Å². The number of halogens is 7. The van der Waals surface area contributed by atoms with Gasteiger partial charge in [0, 0.05) is 94.0 Å². The normalized spacial score (nSPS) is 21.9. The van der Waals surface area contributed by atoms with Gasteiger partial charge in [-0.25, -0.2) is 34.6 Å². The Morgan fingerprint density at radius 1 is 0.648 bits per heavy atom. The number of aromatic nitrogens is 1. The van der Waals surface area contributed by atoms with E-state index in [-0.39, 0.29) is 69.4 Å². The zero-order chi connectivity index (χ0) is 62.8. The van der Waals surface area contributed by atoms with Crippen LogP contribution in [0.5, 0.6) is 0 Å². The fraction of sp³-hybridized carbons (Fsp3) is 0.345. The van der Waals surface area contributed by atoms with E-state index in [2.05, 4.69) is 33.8 Å². The fourth-order valence-electron chi connectivity index (χ4n) is 11.4. The molecule has 0 amide bonds. The lowest BCUT2D eigenvalue weighted by Crippen LogP contribution is -2.56. The fourth-order valence-corrected chi connectivity index (χ4v) is 16.1. The number of nitro groups is 2. The van der Waals surface area contributed by atoms with Gasteiger partial charge in [0.15, 0.2) is 11.6 Å². The smallest absolute Gasteiger partial charge is 0.270 e. The van der Waals surface area contributed by atoms with Crippen LogP contribution in [0.2, 0.25) is 5.02 Å². The molecule has 3 aliphatic heterocycles. The number of benzene rings is 4. The van der Waals surface area contributed by atoms with Gasteiger partial charge in [-0.05, 0) is 114 Å². The minimum atomic E-state index is -3.54. The highest BCUT2D eigenvalue weighted by Gasteiger charge is 2.50. The molecule has 2 fully saturated rings. The Bertz CT molecular complexity index is 3930. The number of carbonyl (C=O) groups excluding carboxylic acids is 2. The maximum absolute atomic E-state index is 12.5. The van der Waals surface area contributed by atoms with Crippen LogP contribution in [0.3, 0.4) is 0 Å². The Morgan fingerprint density at radius 3 is 1.64 bits per heavy atom. The molecule has 0 saturated carbocycles. The van der Waals surface area contributed by atoms with Crippen molar-refractivity contribution in [3.05, 3.63) is 197 Å². The van der Waals surface area contributed by atoms with Gasteiger partial charge in [-0.2, -0.15) is 0 Å². The molecular formula is C55H64ClF6N11O12S3. The van der Waals surface area contributed by atoms with Crippen LogP contribution in [0.25, 0.3) is 0 Å². The summed E-state index contributed by atoms with van der Waals surface area (Å²) in [6.45, 7) is 7.55. The van der Waals surface area contributed by atoms with Crippen molar-refractivity contribution in [2.45, 2.75) is 81.8 Å². The molecule has 4 aromatic carbocycles. The van der Waals surface area contributed by atoms with E-state index in [1.807, 2.05) is 36.4 Å². The van der Waals surface area contributed by atoms with Crippen LogP contribution >= 0.6 is 11.6 Å². The van der Waals surface area contributed by atoms with E-state index >= 15 is 0 Å². The minimum Gasteiger partial charge on any atom is -0.399 e. The third kappa shape index (κ3) is 14.5. The zero-order valence-electron chi connectivity index (χ0n) is 46.7. The monoisotopic (exact) mass is 1320 g/mol. The molecule has 88 heavy (non-hydrogen) atoms. The second-order valence-electron chi connectivity index (χ2n) is 21.0. The molecule has 0 radical (unpaired) electrons. The Labute approximate surface area is 508 Å². The first-order valence-electron chi connectivity index (χ1n) is 25.7. The van der Waals surface area contributed by atoms with Crippen LogP contribution in [0.15, 0.2) is 121 Å². The van der Waals surface area contributed by atoms with Gasteiger partial charge >= 0.3 is 0 Å². The molecule has 0 bridgehead atoms. The summed E-state index contributed by atoms with van der Waals surface area (Å²) in [5.74, 6) is 0.380. The molecule has 4 heterocycles. The molecule has 478 valence electrons. The van der Waals surface area contributed by atoms with Crippen LogP contribution in [0.4, 0.5) is 44.8 Å². The van der Waals surface area contributed by atoms with Crippen molar-refractivity contribution in [1.29, 1.82) is 0 Å². The van der Waals surface area contributed by atoms with Gasteiger partial charge < -0.3 is 22.1 Å². The number of nitrogens with one attached hydrogen (secondary N) is 2. The molecule has 0 unspecified atom stereocenters. The number of aryl methyl sites for hydroxylation is 4. The molecule has 33 heteroatoms. The predicted octanol–water partition coefficient (Wildman–Crippen LogP) is 8.06. The zero-order valence-corrected chi connectivity index (χ0v) is 49.9. The molecular weight excluding hydrogens is 1250 g/mol. The highest BCUT2D eigenvalue weighted by atomic mass is 35.5. The van der Waals surface area contributed by atoms with Gasteiger partial charge in [0.2, 0.25) is 36.0 Å². The minimum absolute atomic E-state index is 0. The van der Waals surface area contributed by atoms with Gasteiger partial charge in [0.1, 0.15) is 22.9 Å². The Morgan fingerprint density at radius 2 is 1.12 bits per heavy atom. The highest BCUT2D eigenvalue weighted by molar-refractivity contribution is 7.90. The number of nitro benzene ring substituents is 2. The number of pyridine rings is 1. The summed E-state index contributed by atoms with van der Waals surface area (Å²) in [4.78, 5) is 52.8. The Kier molecular flexibility index (Phi) is 22.8. The maximum Gasteiger partial charge on any atom is 0.270 e. The van der Waals surface area contributed by atoms with E-state index in [0.717, 1.165) is 66.8 Å². The Hall–Kier alpha value is -8.36. The average molecular weight is 1320 g/mol. The third-order valence-corrected chi connectivity index (χ3v) is 21.8. The third-order valence-electron chi connectivity index (χ3n) is 15.9. The number of carbonyl (C=O) groups is 2. The molecule has 6 N–H and O–H groups in total. The number of anilines is 1. The van der Waals surface area contributed by atoms with E-state index in [0.29, 0.717) is 71.3 Å². The maximum atomic E-state index is 12.5. The molecule has 1 aromatic heterocycles. The summed E-state index contributed by atoms with van der Waals surface area (Å²) in [6.07, 6.45) is 6.96. The number of hydrogen-bond donors (Lipinski definition) is 4. The number of nitrogen functional groups attached to an aromatic ring is 1. The number of sulfonamides is 3. The summed E-state index contributed by atoms with van der Waals surface area (Å²) in [5.41, 5.74) is 18.3. The molecule has 3 spiro atoms. The number of Topliss-reactive ketones (excluding diaryl/α,β-unsaturated/α-hetero) is 2. The van der Waals surface area contributed by atoms with Crippen molar-refractivity contribution in [2.24, 2.45) is 10.7 Å². The summed E-state index contributed by atoms with van der Waals surface area (Å²) in [5, 5.41) is 28.3. The van der Waals surface area contributed by atoms with E-state index in [9.17, 15) is 55.1 Å². The molecule has 5 aromatic rings. The quantitative estimate of drug-likeness (QED) is 0.0425. The number of aliphatic imine (C=N–C) groups is 1. The number of non-ortho nitro benzene ring substituents is 2. The van der Waals surface area contributed by atoms with Crippen LogP contribution in [0.1, 0.15) is 98.5 Å². The number of fused-ring (bicyclic) bond motifs is 7. The molecule has 3 atom stereocenters. The lowest BCUT2D eigenvalue weighted by atomic mass is 9.92. The van der Waals surface area contributed by atoms with Crippen molar-refractivity contribution < 1.29 is 72.4 Å².